The number of methoxy groups -OCH3 is 1. The van der Waals surface area contributed by atoms with E-state index in [1.54, 1.807) is 31.2 Å². The van der Waals surface area contributed by atoms with Crippen molar-refractivity contribution in [2.45, 2.75) is 13.0 Å². The molecule has 0 saturated carbocycles. The Labute approximate surface area is 159 Å². The van der Waals surface area contributed by atoms with E-state index < -0.39 is 18.0 Å². The van der Waals surface area contributed by atoms with Gasteiger partial charge < -0.3 is 14.8 Å². The van der Waals surface area contributed by atoms with Gasteiger partial charge in [-0.05, 0) is 37.3 Å². The van der Waals surface area contributed by atoms with Gasteiger partial charge in [-0.3, -0.25) is 4.79 Å². The highest BCUT2D eigenvalue weighted by molar-refractivity contribution is 6.43. The number of hydrogen-bond acceptors (Lipinski definition) is 4. The largest absolute Gasteiger partial charge is 0.479 e. The molecule has 0 saturated heterocycles. The second-order valence-electron chi connectivity index (χ2n) is 5.02. The van der Waals surface area contributed by atoms with Crippen molar-refractivity contribution >= 4 is 52.4 Å². The van der Waals surface area contributed by atoms with Gasteiger partial charge in [0.15, 0.2) is 6.10 Å². The lowest BCUT2D eigenvalue weighted by molar-refractivity contribution is -0.122. The first-order chi connectivity index (χ1) is 11.8. The van der Waals surface area contributed by atoms with Crippen LogP contribution in [0.4, 0.5) is 5.69 Å². The fraction of sp³-hybridized carbons (Fsp3) is 0.176. The molecule has 5 nitrogen and oxygen atoms in total. The van der Waals surface area contributed by atoms with E-state index >= 15 is 0 Å². The molecule has 0 aliphatic heterocycles. The van der Waals surface area contributed by atoms with Crippen molar-refractivity contribution in [3.63, 3.8) is 0 Å². The predicted octanol–water partition coefficient (Wildman–Crippen LogP) is 4.84. The first kappa shape index (κ1) is 19.4. The summed E-state index contributed by atoms with van der Waals surface area (Å²) in [4.78, 5) is 23.6. The molecule has 0 spiro atoms. The number of rotatable bonds is 5. The Bertz CT molecular complexity index is 793. The highest BCUT2D eigenvalue weighted by Gasteiger charge is 2.18. The Morgan fingerprint density at radius 2 is 1.60 bits per heavy atom. The maximum Gasteiger partial charge on any atom is 0.337 e. The Morgan fingerprint density at radius 3 is 2.20 bits per heavy atom. The number of anilines is 1. The molecule has 2 rings (SSSR count). The fourth-order valence-electron chi connectivity index (χ4n) is 1.89. The lowest BCUT2D eigenvalue weighted by Crippen LogP contribution is -2.30. The van der Waals surface area contributed by atoms with Gasteiger partial charge in [0.2, 0.25) is 0 Å². The number of carbonyl (C=O) groups excluding carboxylic acids is 2. The number of hydrogen-bond donors (Lipinski definition) is 1. The van der Waals surface area contributed by atoms with Gasteiger partial charge in [-0.25, -0.2) is 4.79 Å². The number of carbonyl (C=O) groups is 2. The Balaban J connectivity index is 2.03. The zero-order chi connectivity index (χ0) is 18.6. The SMILES string of the molecule is COC(=O)c1ccc(NC(=O)[C@@H](C)Oc2cc(Cl)c(Cl)cc2Cl)cc1. The molecule has 0 fully saturated rings. The number of ether oxygens (including phenoxy) is 2. The monoisotopic (exact) mass is 401 g/mol. The van der Waals surface area contributed by atoms with Crippen LogP contribution >= 0.6 is 34.8 Å². The molecule has 2 aromatic rings. The summed E-state index contributed by atoms with van der Waals surface area (Å²) in [5.74, 6) is -0.600. The lowest BCUT2D eigenvalue weighted by Gasteiger charge is -2.16. The zero-order valence-electron chi connectivity index (χ0n) is 13.3. The van der Waals surface area contributed by atoms with Gasteiger partial charge in [-0.2, -0.15) is 0 Å². The minimum absolute atomic E-state index is 0.247. The van der Waals surface area contributed by atoms with E-state index in [0.29, 0.717) is 16.3 Å². The van der Waals surface area contributed by atoms with Crippen LogP contribution in [0.25, 0.3) is 0 Å². The molecule has 0 aliphatic carbocycles. The van der Waals surface area contributed by atoms with E-state index in [4.69, 9.17) is 39.5 Å². The van der Waals surface area contributed by atoms with E-state index in [-0.39, 0.29) is 15.8 Å². The first-order valence-electron chi connectivity index (χ1n) is 7.12. The Kier molecular flexibility index (Phi) is 6.53. The summed E-state index contributed by atoms with van der Waals surface area (Å²) in [5, 5.41) is 3.48. The van der Waals surface area contributed by atoms with E-state index in [2.05, 4.69) is 10.1 Å². The molecule has 1 N–H and O–H groups in total. The van der Waals surface area contributed by atoms with Gasteiger partial charge in [0.05, 0.1) is 27.7 Å². The number of nitrogens with one attached hydrogen (secondary N) is 1. The average Bonchev–Trinajstić information content (AvgIpc) is 2.59. The summed E-state index contributed by atoms with van der Waals surface area (Å²) < 4.78 is 10.1. The van der Waals surface area contributed by atoms with Crippen LogP contribution in [0.5, 0.6) is 5.75 Å². The van der Waals surface area contributed by atoms with E-state index in [9.17, 15) is 9.59 Å². The van der Waals surface area contributed by atoms with Crippen LogP contribution < -0.4 is 10.1 Å². The number of benzene rings is 2. The second-order valence-corrected chi connectivity index (χ2v) is 6.24. The summed E-state index contributed by atoms with van der Waals surface area (Å²) >= 11 is 17.8. The van der Waals surface area contributed by atoms with E-state index in [1.807, 2.05) is 0 Å². The molecule has 2 aromatic carbocycles. The maximum atomic E-state index is 12.2. The summed E-state index contributed by atoms with van der Waals surface area (Å²) in [6.45, 7) is 1.57. The molecule has 1 amide bonds. The molecular weight excluding hydrogens is 389 g/mol. The third-order valence-corrected chi connectivity index (χ3v) is 4.24. The van der Waals surface area contributed by atoms with Gasteiger partial charge in [-0.15, -0.1) is 0 Å². The number of amides is 1. The zero-order valence-corrected chi connectivity index (χ0v) is 15.6. The molecule has 0 aliphatic rings. The van der Waals surface area contributed by atoms with Crippen molar-refractivity contribution < 1.29 is 19.1 Å². The van der Waals surface area contributed by atoms with Crippen molar-refractivity contribution in [1.82, 2.24) is 0 Å². The highest BCUT2D eigenvalue weighted by Crippen LogP contribution is 2.34. The highest BCUT2D eigenvalue weighted by atomic mass is 35.5. The van der Waals surface area contributed by atoms with Crippen LogP contribution in [0.2, 0.25) is 15.1 Å². The van der Waals surface area contributed by atoms with Crippen LogP contribution in [0.15, 0.2) is 36.4 Å². The molecule has 25 heavy (non-hydrogen) atoms. The normalized spacial score (nSPS) is 11.6. The predicted molar refractivity (Wildman–Crippen MR) is 98.0 cm³/mol. The van der Waals surface area contributed by atoms with Crippen LogP contribution in [0, 0.1) is 0 Å². The van der Waals surface area contributed by atoms with Crippen molar-refractivity contribution in [3.8, 4) is 5.75 Å². The lowest BCUT2D eigenvalue weighted by atomic mass is 10.2. The summed E-state index contributed by atoms with van der Waals surface area (Å²) in [6, 6.07) is 9.15. The van der Waals surface area contributed by atoms with Gasteiger partial charge in [-0.1, -0.05) is 34.8 Å². The molecule has 0 unspecified atom stereocenters. The van der Waals surface area contributed by atoms with E-state index in [0.717, 1.165) is 0 Å². The molecule has 0 heterocycles. The van der Waals surface area contributed by atoms with Crippen molar-refractivity contribution in [2.75, 3.05) is 12.4 Å². The molecule has 0 bridgehead atoms. The van der Waals surface area contributed by atoms with Crippen molar-refractivity contribution in [3.05, 3.63) is 57.0 Å². The standard InChI is InChI=1S/C17H14Cl3NO4/c1-9(25-15-8-13(19)12(18)7-14(15)20)16(22)21-11-5-3-10(4-6-11)17(23)24-2/h3-9H,1-2H3,(H,21,22)/t9-/m1/s1. The second kappa shape index (κ2) is 8.43. The van der Waals surface area contributed by atoms with Crippen molar-refractivity contribution in [1.29, 1.82) is 0 Å². The molecule has 132 valence electrons. The third-order valence-electron chi connectivity index (χ3n) is 3.22. The Hall–Kier alpha value is -1.95. The minimum Gasteiger partial charge on any atom is -0.479 e. The number of esters is 1. The van der Waals surface area contributed by atoms with Crippen LogP contribution in [0.3, 0.4) is 0 Å². The maximum absolute atomic E-state index is 12.2. The molecule has 0 radical (unpaired) electrons. The fourth-order valence-corrected chi connectivity index (χ4v) is 2.47. The average molecular weight is 403 g/mol. The number of halogens is 3. The smallest absolute Gasteiger partial charge is 0.337 e. The van der Waals surface area contributed by atoms with Crippen molar-refractivity contribution in [2.24, 2.45) is 0 Å². The van der Waals surface area contributed by atoms with E-state index in [1.165, 1.54) is 19.2 Å². The molecule has 0 aromatic heterocycles. The van der Waals surface area contributed by atoms with Gasteiger partial charge in [0.25, 0.3) is 5.91 Å². The van der Waals surface area contributed by atoms with Crippen LogP contribution in [-0.4, -0.2) is 25.1 Å². The quantitative estimate of drug-likeness (QED) is 0.574. The van der Waals surface area contributed by atoms with Crippen LogP contribution in [-0.2, 0) is 9.53 Å². The topological polar surface area (TPSA) is 64.6 Å². The van der Waals surface area contributed by atoms with Gasteiger partial charge in [0.1, 0.15) is 5.75 Å². The van der Waals surface area contributed by atoms with Crippen LogP contribution in [0.1, 0.15) is 17.3 Å². The summed E-state index contributed by atoms with van der Waals surface area (Å²) in [6.07, 6.45) is -0.838. The molecule has 1 atom stereocenters. The van der Waals surface area contributed by atoms with Gasteiger partial charge in [0, 0.05) is 11.8 Å². The Morgan fingerprint density at radius 1 is 1.00 bits per heavy atom. The van der Waals surface area contributed by atoms with Gasteiger partial charge >= 0.3 is 5.97 Å². The third kappa shape index (κ3) is 5.01. The summed E-state index contributed by atoms with van der Waals surface area (Å²) in [5.41, 5.74) is 0.890. The first-order valence-corrected chi connectivity index (χ1v) is 8.25. The molecule has 8 heteroatoms. The molecular formula is C17H14Cl3NO4. The minimum atomic E-state index is -0.838. The summed E-state index contributed by atoms with van der Waals surface area (Å²) in [7, 11) is 1.30.